The van der Waals surface area contributed by atoms with E-state index in [-0.39, 0.29) is 19.1 Å². The number of carbonyl (C=O) groups excluding carboxylic acids is 1. The SMILES string of the molecule is Cc1nn(-c2ccccc2)c(Cl)c1/C=C/C(=O)NCCO. The molecule has 0 aliphatic rings. The lowest BCUT2D eigenvalue weighted by molar-refractivity contribution is -0.116. The van der Waals surface area contributed by atoms with Crippen molar-refractivity contribution in [1.82, 2.24) is 15.1 Å². The Kier molecular flexibility index (Phi) is 5.14. The zero-order valence-electron chi connectivity index (χ0n) is 11.6. The van der Waals surface area contributed by atoms with Crippen molar-refractivity contribution in [2.24, 2.45) is 0 Å². The first-order valence-corrected chi connectivity index (χ1v) is 6.88. The number of nitrogens with zero attached hydrogens (tertiary/aromatic N) is 2. The quantitative estimate of drug-likeness (QED) is 0.830. The molecule has 1 aromatic carbocycles. The van der Waals surface area contributed by atoms with Crippen LogP contribution in [0.25, 0.3) is 11.8 Å². The summed E-state index contributed by atoms with van der Waals surface area (Å²) in [5.74, 6) is -0.285. The number of hydrogen-bond donors (Lipinski definition) is 2. The van der Waals surface area contributed by atoms with Gasteiger partial charge in [0.15, 0.2) is 0 Å². The Labute approximate surface area is 127 Å². The highest BCUT2D eigenvalue weighted by molar-refractivity contribution is 6.31. The van der Waals surface area contributed by atoms with Gasteiger partial charge in [-0.1, -0.05) is 29.8 Å². The van der Waals surface area contributed by atoms with Crippen LogP contribution in [0.2, 0.25) is 5.15 Å². The Morgan fingerprint density at radius 3 is 2.81 bits per heavy atom. The van der Waals surface area contributed by atoms with E-state index in [0.717, 1.165) is 11.4 Å². The van der Waals surface area contributed by atoms with Crippen molar-refractivity contribution in [1.29, 1.82) is 0 Å². The number of aromatic nitrogens is 2. The lowest BCUT2D eigenvalue weighted by Crippen LogP contribution is -2.24. The Morgan fingerprint density at radius 2 is 2.14 bits per heavy atom. The van der Waals surface area contributed by atoms with Crippen LogP contribution < -0.4 is 5.32 Å². The first-order chi connectivity index (χ1) is 10.1. The molecule has 0 atom stereocenters. The Morgan fingerprint density at radius 1 is 1.43 bits per heavy atom. The monoisotopic (exact) mass is 305 g/mol. The zero-order valence-corrected chi connectivity index (χ0v) is 12.3. The fraction of sp³-hybridized carbons (Fsp3) is 0.200. The average molecular weight is 306 g/mol. The highest BCUT2D eigenvalue weighted by atomic mass is 35.5. The molecule has 110 valence electrons. The van der Waals surface area contributed by atoms with Gasteiger partial charge in [-0.15, -0.1) is 0 Å². The normalized spacial score (nSPS) is 11.0. The number of benzene rings is 1. The minimum absolute atomic E-state index is 0.0920. The molecule has 0 saturated heterocycles. The first-order valence-electron chi connectivity index (χ1n) is 6.51. The van der Waals surface area contributed by atoms with Gasteiger partial charge in [-0.25, -0.2) is 4.68 Å². The van der Waals surface area contributed by atoms with Gasteiger partial charge in [0.05, 0.1) is 18.0 Å². The van der Waals surface area contributed by atoms with E-state index >= 15 is 0 Å². The second-order valence-electron chi connectivity index (χ2n) is 4.39. The zero-order chi connectivity index (χ0) is 15.2. The molecule has 1 aromatic heterocycles. The Bertz CT molecular complexity index is 650. The van der Waals surface area contributed by atoms with Gasteiger partial charge >= 0.3 is 0 Å². The molecule has 21 heavy (non-hydrogen) atoms. The van der Waals surface area contributed by atoms with Gasteiger partial charge in [0, 0.05) is 18.2 Å². The summed E-state index contributed by atoms with van der Waals surface area (Å²) in [5, 5.41) is 16.0. The van der Waals surface area contributed by atoms with Crippen LogP contribution in [0.4, 0.5) is 0 Å². The standard InChI is InChI=1S/C15H16ClN3O2/c1-11-13(7-8-14(21)17-9-10-20)15(16)19(18-11)12-5-3-2-4-6-12/h2-8,20H,9-10H2,1H3,(H,17,21)/b8-7+. The molecular weight excluding hydrogens is 290 g/mol. The summed E-state index contributed by atoms with van der Waals surface area (Å²) in [6, 6.07) is 9.53. The van der Waals surface area contributed by atoms with E-state index in [1.165, 1.54) is 6.08 Å². The molecule has 0 radical (unpaired) electrons. The third-order valence-corrected chi connectivity index (χ3v) is 3.22. The topological polar surface area (TPSA) is 67.2 Å². The summed E-state index contributed by atoms with van der Waals surface area (Å²) in [7, 11) is 0. The van der Waals surface area contributed by atoms with E-state index in [0.29, 0.717) is 10.7 Å². The maximum Gasteiger partial charge on any atom is 0.244 e. The molecule has 6 heteroatoms. The van der Waals surface area contributed by atoms with Crippen LogP contribution in [-0.2, 0) is 4.79 Å². The van der Waals surface area contributed by atoms with Crippen LogP contribution in [0.15, 0.2) is 36.4 Å². The van der Waals surface area contributed by atoms with Crippen LogP contribution in [-0.4, -0.2) is 33.9 Å². The second kappa shape index (κ2) is 7.06. The number of amides is 1. The van der Waals surface area contributed by atoms with Crippen molar-refractivity contribution in [3.63, 3.8) is 0 Å². The number of para-hydroxylation sites is 1. The van der Waals surface area contributed by atoms with Crippen LogP contribution in [0, 0.1) is 6.92 Å². The average Bonchev–Trinajstić information content (AvgIpc) is 2.79. The second-order valence-corrected chi connectivity index (χ2v) is 4.74. The summed E-state index contributed by atoms with van der Waals surface area (Å²) in [6.07, 6.45) is 3.00. The molecule has 2 N–H and O–H groups in total. The Balaban J connectivity index is 2.24. The molecule has 2 rings (SSSR count). The van der Waals surface area contributed by atoms with Crippen molar-refractivity contribution < 1.29 is 9.90 Å². The van der Waals surface area contributed by atoms with Gasteiger partial charge < -0.3 is 10.4 Å². The van der Waals surface area contributed by atoms with Crippen molar-refractivity contribution >= 4 is 23.6 Å². The number of aliphatic hydroxyl groups excluding tert-OH is 1. The number of aryl methyl sites for hydroxylation is 1. The number of hydrogen-bond acceptors (Lipinski definition) is 3. The van der Waals surface area contributed by atoms with Gasteiger partial charge in [0.2, 0.25) is 5.91 Å². The highest BCUT2D eigenvalue weighted by Crippen LogP contribution is 2.24. The molecule has 1 amide bonds. The largest absolute Gasteiger partial charge is 0.395 e. The van der Waals surface area contributed by atoms with E-state index in [9.17, 15) is 4.79 Å². The fourth-order valence-corrected chi connectivity index (χ4v) is 2.17. The van der Waals surface area contributed by atoms with Gasteiger partial charge in [-0.2, -0.15) is 5.10 Å². The molecule has 0 bridgehead atoms. The van der Waals surface area contributed by atoms with Gasteiger partial charge in [-0.05, 0) is 25.1 Å². The molecule has 0 aliphatic carbocycles. The predicted octanol–water partition coefficient (Wildman–Crippen LogP) is 1.96. The summed E-state index contributed by atoms with van der Waals surface area (Å²) in [5.41, 5.74) is 2.28. The first kappa shape index (κ1) is 15.3. The van der Waals surface area contributed by atoms with Gasteiger partial charge in [-0.3, -0.25) is 4.79 Å². The number of rotatable bonds is 5. The number of nitrogens with one attached hydrogen (secondary N) is 1. The number of carbonyl (C=O) groups is 1. The molecule has 0 fully saturated rings. The van der Waals surface area contributed by atoms with E-state index in [4.69, 9.17) is 16.7 Å². The number of halogens is 1. The van der Waals surface area contributed by atoms with Crippen molar-refractivity contribution in [2.75, 3.05) is 13.2 Å². The fourth-order valence-electron chi connectivity index (χ4n) is 1.84. The molecule has 5 nitrogen and oxygen atoms in total. The summed E-state index contributed by atoms with van der Waals surface area (Å²) >= 11 is 6.33. The lowest BCUT2D eigenvalue weighted by atomic mass is 10.2. The minimum atomic E-state index is -0.285. The molecule has 0 spiro atoms. The third-order valence-electron chi connectivity index (χ3n) is 2.86. The maximum absolute atomic E-state index is 11.5. The molecular formula is C15H16ClN3O2. The van der Waals surface area contributed by atoms with Crippen molar-refractivity contribution in [3.05, 3.63) is 52.8 Å². The van der Waals surface area contributed by atoms with E-state index in [1.54, 1.807) is 10.8 Å². The van der Waals surface area contributed by atoms with Crippen LogP contribution >= 0.6 is 11.6 Å². The van der Waals surface area contributed by atoms with Gasteiger partial charge in [0.25, 0.3) is 0 Å². The summed E-state index contributed by atoms with van der Waals surface area (Å²) < 4.78 is 1.63. The molecule has 0 unspecified atom stereocenters. The van der Waals surface area contributed by atoms with Crippen LogP contribution in [0.3, 0.4) is 0 Å². The van der Waals surface area contributed by atoms with Crippen LogP contribution in [0.5, 0.6) is 0 Å². The van der Waals surface area contributed by atoms with E-state index < -0.39 is 0 Å². The maximum atomic E-state index is 11.5. The smallest absolute Gasteiger partial charge is 0.244 e. The van der Waals surface area contributed by atoms with Gasteiger partial charge in [0.1, 0.15) is 5.15 Å². The van der Waals surface area contributed by atoms with Crippen molar-refractivity contribution in [2.45, 2.75) is 6.92 Å². The summed E-state index contributed by atoms with van der Waals surface area (Å²) in [6.45, 7) is 1.96. The van der Waals surface area contributed by atoms with E-state index in [1.807, 2.05) is 37.3 Å². The van der Waals surface area contributed by atoms with Crippen LogP contribution in [0.1, 0.15) is 11.3 Å². The molecule has 0 saturated carbocycles. The number of aliphatic hydroxyl groups is 1. The molecule has 1 heterocycles. The highest BCUT2D eigenvalue weighted by Gasteiger charge is 2.12. The summed E-state index contributed by atoms with van der Waals surface area (Å²) in [4.78, 5) is 11.5. The van der Waals surface area contributed by atoms with Crippen molar-refractivity contribution in [3.8, 4) is 5.69 Å². The predicted molar refractivity (Wildman–Crippen MR) is 82.4 cm³/mol. The Hall–Kier alpha value is -2.11. The lowest BCUT2D eigenvalue weighted by Gasteiger charge is -2.02. The van der Waals surface area contributed by atoms with E-state index in [2.05, 4.69) is 10.4 Å². The molecule has 0 aliphatic heterocycles. The minimum Gasteiger partial charge on any atom is -0.395 e. The third kappa shape index (κ3) is 3.71. The molecule has 2 aromatic rings.